The van der Waals surface area contributed by atoms with Crippen LogP contribution in [0.4, 0.5) is 5.69 Å². The second-order valence-corrected chi connectivity index (χ2v) is 10.4. The van der Waals surface area contributed by atoms with Gasteiger partial charge in [0.05, 0.1) is 11.6 Å². The molecule has 184 valence electrons. The Bertz CT molecular complexity index is 1240. The van der Waals surface area contributed by atoms with E-state index in [2.05, 4.69) is 70.5 Å². The molecule has 3 aromatic carbocycles. The second-order valence-electron chi connectivity index (χ2n) is 10.4. The zero-order chi connectivity index (χ0) is 25.0. The van der Waals surface area contributed by atoms with Gasteiger partial charge in [-0.25, -0.2) is 0 Å². The number of carbonyl (C=O) groups is 1. The number of amides is 1. The molecule has 0 atom stereocenters. The molecule has 36 heavy (non-hydrogen) atoms. The molecule has 1 heterocycles. The molecule has 0 aromatic heterocycles. The Labute approximate surface area is 215 Å². The number of hydrogen-bond acceptors (Lipinski definition) is 3. The minimum atomic E-state index is -0.136. The maximum Gasteiger partial charge on any atom is 0.224 e. The Kier molecular flexibility index (Phi) is 7.20. The van der Waals surface area contributed by atoms with Crippen LogP contribution in [0.5, 0.6) is 0 Å². The fraction of sp³-hybridized carbons (Fsp3) is 0.375. The van der Waals surface area contributed by atoms with Gasteiger partial charge >= 0.3 is 0 Å². The smallest absolute Gasteiger partial charge is 0.224 e. The molecule has 0 spiro atoms. The van der Waals surface area contributed by atoms with Crippen molar-refractivity contribution < 1.29 is 4.79 Å². The highest BCUT2D eigenvalue weighted by molar-refractivity contribution is 5.93. The summed E-state index contributed by atoms with van der Waals surface area (Å²) in [6.45, 7) is 4.63. The van der Waals surface area contributed by atoms with E-state index >= 15 is 0 Å². The summed E-state index contributed by atoms with van der Waals surface area (Å²) >= 11 is 0. The van der Waals surface area contributed by atoms with E-state index in [0.29, 0.717) is 0 Å². The minimum absolute atomic E-state index is 0.136. The number of anilines is 1. The van der Waals surface area contributed by atoms with E-state index in [-0.39, 0.29) is 11.4 Å². The molecule has 5 rings (SSSR count). The number of nitrogens with zero attached hydrogens (tertiary/aromatic N) is 3. The lowest BCUT2D eigenvalue weighted by Crippen LogP contribution is -2.54. The van der Waals surface area contributed by atoms with Crippen LogP contribution in [0.1, 0.15) is 62.1 Å². The van der Waals surface area contributed by atoms with Crippen LogP contribution >= 0.6 is 0 Å². The van der Waals surface area contributed by atoms with Gasteiger partial charge in [0.2, 0.25) is 5.91 Å². The average Bonchev–Trinajstić information content (AvgIpc) is 2.93. The van der Waals surface area contributed by atoms with E-state index in [4.69, 9.17) is 0 Å². The summed E-state index contributed by atoms with van der Waals surface area (Å²) in [6.07, 6.45) is 7.68. The van der Waals surface area contributed by atoms with Crippen molar-refractivity contribution in [3.63, 3.8) is 0 Å². The third-order valence-electron chi connectivity index (χ3n) is 8.13. The topological polar surface area (TPSA) is 47.3 Å². The maximum absolute atomic E-state index is 13.2. The lowest BCUT2D eigenvalue weighted by Gasteiger charge is -2.47. The molecule has 1 fully saturated rings. The Balaban J connectivity index is 1.36. The molecule has 4 heteroatoms. The highest BCUT2D eigenvalue weighted by Crippen LogP contribution is 2.40. The first-order chi connectivity index (χ1) is 17.6. The van der Waals surface area contributed by atoms with Crippen LogP contribution in [0.3, 0.4) is 0 Å². The van der Waals surface area contributed by atoms with Crippen LogP contribution in [0.15, 0.2) is 72.8 Å². The summed E-state index contributed by atoms with van der Waals surface area (Å²) in [5.74, 6) is 0.136. The molecule has 0 saturated heterocycles. The van der Waals surface area contributed by atoms with Crippen molar-refractivity contribution >= 4 is 11.6 Å². The first kappa shape index (κ1) is 24.3. The molecule has 0 unspecified atom stereocenters. The van der Waals surface area contributed by atoms with Gasteiger partial charge in [0.1, 0.15) is 0 Å². The summed E-state index contributed by atoms with van der Waals surface area (Å²) in [6, 6.07) is 27.3. The van der Waals surface area contributed by atoms with E-state index in [1.165, 1.54) is 41.5 Å². The van der Waals surface area contributed by atoms with Gasteiger partial charge in [-0.1, -0.05) is 67.8 Å². The number of carbonyl (C=O) groups excluding carboxylic acids is 1. The quantitative estimate of drug-likeness (QED) is 0.395. The van der Waals surface area contributed by atoms with E-state index in [9.17, 15) is 10.1 Å². The summed E-state index contributed by atoms with van der Waals surface area (Å²) in [5.41, 5.74) is 6.63. The zero-order valence-corrected chi connectivity index (χ0v) is 21.2. The molecule has 1 aliphatic carbocycles. The van der Waals surface area contributed by atoms with Gasteiger partial charge in [-0.2, -0.15) is 5.26 Å². The minimum Gasteiger partial charge on any atom is -0.307 e. The molecule has 0 radical (unpaired) electrons. The van der Waals surface area contributed by atoms with Crippen LogP contribution in [0.2, 0.25) is 0 Å². The Morgan fingerprint density at radius 3 is 2.36 bits per heavy atom. The molecule has 1 aliphatic heterocycles. The zero-order valence-electron chi connectivity index (χ0n) is 21.2. The van der Waals surface area contributed by atoms with E-state index in [1.807, 2.05) is 18.2 Å². The highest BCUT2D eigenvalue weighted by Gasteiger charge is 2.40. The number of hydrogen-bond donors (Lipinski definition) is 0. The lowest BCUT2D eigenvalue weighted by atomic mass is 9.77. The molecule has 3 aromatic rings. The van der Waals surface area contributed by atoms with E-state index in [0.717, 1.165) is 56.6 Å². The molecule has 1 amide bonds. The van der Waals surface area contributed by atoms with Gasteiger partial charge in [0, 0.05) is 37.8 Å². The van der Waals surface area contributed by atoms with Crippen LogP contribution in [0, 0.1) is 11.3 Å². The number of fused-ring (bicyclic) bond motifs is 1. The van der Waals surface area contributed by atoms with Crippen molar-refractivity contribution in [1.82, 2.24) is 4.90 Å². The first-order valence-electron chi connectivity index (χ1n) is 13.3. The van der Waals surface area contributed by atoms with Crippen molar-refractivity contribution in [3.8, 4) is 17.2 Å². The maximum atomic E-state index is 13.2. The van der Waals surface area contributed by atoms with Gasteiger partial charge < -0.3 is 4.90 Å². The van der Waals surface area contributed by atoms with Crippen LogP contribution < -0.4 is 4.90 Å². The molecule has 1 saturated carbocycles. The number of benzene rings is 3. The molecular formula is C32H35N3O. The fourth-order valence-electron chi connectivity index (χ4n) is 6.26. The predicted molar refractivity (Wildman–Crippen MR) is 146 cm³/mol. The lowest BCUT2D eigenvalue weighted by molar-refractivity contribution is -0.118. The van der Waals surface area contributed by atoms with Gasteiger partial charge in [-0.15, -0.1) is 0 Å². The van der Waals surface area contributed by atoms with E-state index in [1.54, 1.807) is 6.92 Å². The first-order valence-corrected chi connectivity index (χ1v) is 13.3. The molecular weight excluding hydrogens is 442 g/mol. The van der Waals surface area contributed by atoms with Gasteiger partial charge in [-0.3, -0.25) is 9.69 Å². The summed E-state index contributed by atoms with van der Waals surface area (Å²) < 4.78 is 0. The molecule has 0 bridgehead atoms. The normalized spacial score (nSPS) is 17.1. The third kappa shape index (κ3) is 5.08. The van der Waals surface area contributed by atoms with Crippen molar-refractivity contribution in [2.75, 3.05) is 18.0 Å². The molecule has 0 N–H and O–H groups in total. The Morgan fingerprint density at radius 2 is 1.67 bits per heavy atom. The summed E-state index contributed by atoms with van der Waals surface area (Å²) in [4.78, 5) is 17.8. The Hall–Kier alpha value is -3.42. The Morgan fingerprint density at radius 1 is 0.944 bits per heavy atom. The van der Waals surface area contributed by atoms with Crippen molar-refractivity contribution in [3.05, 3.63) is 89.5 Å². The summed E-state index contributed by atoms with van der Waals surface area (Å²) in [7, 11) is 0. The van der Waals surface area contributed by atoms with Crippen molar-refractivity contribution in [2.24, 2.45) is 0 Å². The van der Waals surface area contributed by atoms with Crippen molar-refractivity contribution in [1.29, 1.82) is 5.26 Å². The molecule has 4 nitrogen and oxygen atoms in total. The van der Waals surface area contributed by atoms with Gasteiger partial charge in [0.25, 0.3) is 0 Å². The second kappa shape index (κ2) is 10.7. The van der Waals surface area contributed by atoms with Crippen LogP contribution in [-0.2, 0) is 17.8 Å². The van der Waals surface area contributed by atoms with Crippen LogP contribution in [0.25, 0.3) is 11.1 Å². The third-order valence-corrected chi connectivity index (χ3v) is 8.13. The number of nitriles is 1. The SMILES string of the molecule is CC(=O)N(c1ccc(-c2ccccc2)cc1)C1(CCN2CCc3cc(C#N)ccc3C2)CCCCC1. The van der Waals surface area contributed by atoms with Crippen molar-refractivity contribution in [2.45, 2.75) is 64.0 Å². The predicted octanol–water partition coefficient (Wildman–Crippen LogP) is 6.73. The van der Waals surface area contributed by atoms with Crippen LogP contribution in [-0.4, -0.2) is 29.4 Å². The number of rotatable bonds is 6. The van der Waals surface area contributed by atoms with Gasteiger partial charge in [0.15, 0.2) is 0 Å². The highest BCUT2D eigenvalue weighted by atomic mass is 16.2. The van der Waals surface area contributed by atoms with Gasteiger partial charge in [-0.05, 0) is 72.2 Å². The summed E-state index contributed by atoms with van der Waals surface area (Å²) in [5, 5.41) is 9.22. The largest absolute Gasteiger partial charge is 0.307 e. The standard InChI is InChI=1S/C32H35N3O/c1-25(36)35(31-14-12-28(13-15-31)27-8-4-2-5-9-27)32(17-6-3-7-18-32)19-21-34-20-16-29-22-26(23-33)10-11-30(29)24-34/h2,4-5,8-15,22H,3,6-7,16-21,24H2,1H3. The fourth-order valence-corrected chi connectivity index (χ4v) is 6.26. The van der Waals surface area contributed by atoms with E-state index < -0.39 is 0 Å². The average molecular weight is 478 g/mol. The monoisotopic (exact) mass is 477 g/mol. The molecule has 2 aliphatic rings.